The monoisotopic (exact) mass is 314 g/mol. The van der Waals surface area contributed by atoms with Gasteiger partial charge < -0.3 is 5.32 Å². The maximum atomic E-state index is 13.7. The van der Waals surface area contributed by atoms with Gasteiger partial charge in [0.1, 0.15) is 5.82 Å². The molecule has 1 heterocycles. The van der Waals surface area contributed by atoms with E-state index < -0.39 is 10.0 Å². The Morgan fingerprint density at radius 3 is 2.71 bits per heavy atom. The van der Waals surface area contributed by atoms with Crippen LogP contribution in [0.4, 0.5) is 4.39 Å². The van der Waals surface area contributed by atoms with Crippen molar-refractivity contribution in [2.75, 3.05) is 7.05 Å². The van der Waals surface area contributed by atoms with Crippen molar-refractivity contribution in [3.8, 4) is 0 Å². The third-order valence-corrected chi connectivity index (χ3v) is 6.21. The third-order valence-electron chi connectivity index (χ3n) is 4.14. The zero-order valence-electron chi connectivity index (χ0n) is 12.8. The van der Waals surface area contributed by atoms with Gasteiger partial charge in [0, 0.05) is 24.2 Å². The van der Waals surface area contributed by atoms with Gasteiger partial charge in [-0.1, -0.05) is 6.92 Å². The highest BCUT2D eigenvalue weighted by Gasteiger charge is 2.39. The van der Waals surface area contributed by atoms with Gasteiger partial charge in [-0.05, 0) is 51.4 Å². The lowest BCUT2D eigenvalue weighted by Crippen LogP contribution is -2.39. The molecule has 2 unspecified atom stereocenters. The number of halogens is 1. The van der Waals surface area contributed by atoms with Crippen molar-refractivity contribution in [1.82, 2.24) is 9.62 Å². The second-order valence-corrected chi connectivity index (χ2v) is 7.45. The van der Waals surface area contributed by atoms with Crippen molar-refractivity contribution >= 4 is 10.0 Å². The Kier molecular flexibility index (Phi) is 5.01. The van der Waals surface area contributed by atoms with E-state index in [4.69, 9.17) is 0 Å². The third kappa shape index (κ3) is 3.12. The first-order valence-electron chi connectivity index (χ1n) is 7.38. The highest BCUT2D eigenvalue weighted by atomic mass is 32.2. The lowest BCUT2D eigenvalue weighted by atomic mass is 10.2. The standard InChI is InChI=1S/C15H23FN2O2S/c1-4-13-6-5-11(2)18(13)21(19,20)14-7-8-15(16)12(9-14)10-17-3/h7-9,11,13,17H,4-6,10H2,1-3H3. The highest BCUT2D eigenvalue weighted by molar-refractivity contribution is 7.89. The van der Waals surface area contributed by atoms with E-state index in [0.29, 0.717) is 12.1 Å². The van der Waals surface area contributed by atoms with Gasteiger partial charge in [0.15, 0.2) is 0 Å². The molecule has 4 nitrogen and oxygen atoms in total. The second-order valence-electron chi connectivity index (χ2n) is 5.61. The van der Waals surface area contributed by atoms with Gasteiger partial charge in [-0.15, -0.1) is 0 Å². The lowest BCUT2D eigenvalue weighted by Gasteiger charge is -2.27. The molecule has 0 amide bonds. The summed E-state index contributed by atoms with van der Waals surface area (Å²) in [4.78, 5) is 0.182. The Morgan fingerprint density at radius 2 is 2.10 bits per heavy atom. The van der Waals surface area contributed by atoms with Crippen molar-refractivity contribution in [3.05, 3.63) is 29.6 Å². The van der Waals surface area contributed by atoms with Crippen molar-refractivity contribution in [2.45, 2.75) is 56.6 Å². The van der Waals surface area contributed by atoms with Gasteiger partial charge >= 0.3 is 0 Å². The van der Waals surface area contributed by atoms with Gasteiger partial charge in [0.2, 0.25) is 10.0 Å². The molecule has 6 heteroatoms. The molecule has 21 heavy (non-hydrogen) atoms. The van der Waals surface area contributed by atoms with Crippen LogP contribution in [0, 0.1) is 5.82 Å². The predicted octanol–water partition coefficient (Wildman–Crippen LogP) is 2.50. The highest BCUT2D eigenvalue weighted by Crippen LogP contribution is 2.32. The Balaban J connectivity index is 2.41. The van der Waals surface area contributed by atoms with Crippen LogP contribution in [0.2, 0.25) is 0 Å². The summed E-state index contributed by atoms with van der Waals surface area (Å²) in [5, 5.41) is 2.85. The molecule has 0 aromatic heterocycles. The van der Waals surface area contributed by atoms with Crippen LogP contribution in [0.3, 0.4) is 0 Å². The summed E-state index contributed by atoms with van der Waals surface area (Å²) in [6.45, 7) is 4.25. The SMILES string of the molecule is CCC1CCC(C)N1S(=O)(=O)c1ccc(F)c(CNC)c1. The first-order valence-corrected chi connectivity index (χ1v) is 8.82. The quantitative estimate of drug-likeness (QED) is 0.908. The summed E-state index contributed by atoms with van der Waals surface area (Å²) in [6.07, 6.45) is 2.57. The first kappa shape index (κ1) is 16.4. The molecule has 118 valence electrons. The molecule has 0 aliphatic carbocycles. The van der Waals surface area contributed by atoms with Gasteiger partial charge in [-0.3, -0.25) is 0 Å². The molecule has 1 aliphatic heterocycles. The Bertz CT molecular complexity index is 604. The van der Waals surface area contributed by atoms with E-state index >= 15 is 0 Å². The van der Waals surface area contributed by atoms with Crippen LogP contribution in [0.15, 0.2) is 23.1 Å². The Morgan fingerprint density at radius 1 is 1.38 bits per heavy atom. The first-order chi connectivity index (χ1) is 9.91. The normalized spacial score (nSPS) is 23.6. The molecule has 0 spiro atoms. The fourth-order valence-corrected chi connectivity index (χ4v) is 5.03. The molecule has 1 aliphatic rings. The number of nitrogens with zero attached hydrogens (tertiary/aromatic N) is 1. The number of rotatable bonds is 5. The van der Waals surface area contributed by atoms with E-state index in [9.17, 15) is 12.8 Å². The van der Waals surface area contributed by atoms with Crippen LogP contribution in [-0.4, -0.2) is 31.9 Å². The van der Waals surface area contributed by atoms with Gasteiger partial charge in [0.05, 0.1) is 4.90 Å². The van der Waals surface area contributed by atoms with E-state index in [2.05, 4.69) is 5.32 Å². The molecular weight excluding hydrogens is 291 g/mol. The topological polar surface area (TPSA) is 49.4 Å². The van der Waals surface area contributed by atoms with Crippen LogP contribution in [0.25, 0.3) is 0 Å². The van der Waals surface area contributed by atoms with Gasteiger partial charge in [0.25, 0.3) is 0 Å². The van der Waals surface area contributed by atoms with Crippen molar-refractivity contribution in [2.24, 2.45) is 0 Å². The minimum Gasteiger partial charge on any atom is -0.316 e. The van der Waals surface area contributed by atoms with E-state index in [1.807, 2.05) is 13.8 Å². The van der Waals surface area contributed by atoms with Crippen LogP contribution < -0.4 is 5.32 Å². The fraction of sp³-hybridized carbons (Fsp3) is 0.600. The predicted molar refractivity (Wildman–Crippen MR) is 81.0 cm³/mol. The largest absolute Gasteiger partial charge is 0.316 e. The molecule has 1 fully saturated rings. The Labute approximate surface area is 126 Å². The van der Waals surface area contributed by atoms with Crippen LogP contribution in [-0.2, 0) is 16.6 Å². The van der Waals surface area contributed by atoms with Crippen molar-refractivity contribution < 1.29 is 12.8 Å². The summed E-state index contributed by atoms with van der Waals surface area (Å²) in [5.74, 6) is -0.384. The average Bonchev–Trinajstić information content (AvgIpc) is 2.83. The van der Waals surface area contributed by atoms with E-state index in [1.54, 1.807) is 11.4 Å². The molecule has 1 aromatic carbocycles. The van der Waals surface area contributed by atoms with E-state index in [-0.39, 0.29) is 22.8 Å². The molecule has 0 radical (unpaired) electrons. The van der Waals surface area contributed by atoms with E-state index in [1.165, 1.54) is 18.2 Å². The number of benzene rings is 1. The molecule has 1 aromatic rings. The lowest BCUT2D eigenvalue weighted by molar-refractivity contribution is 0.328. The van der Waals surface area contributed by atoms with Crippen LogP contribution >= 0.6 is 0 Å². The minimum absolute atomic E-state index is 0.00208. The minimum atomic E-state index is -3.57. The fourth-order valence-electron chi connectivity index (χ4n) is 3.02. The zero-order valence-corrected chi connectivity index (χ0v) is 13.6. The summed E-state index contributed by atoms with van der Waals surface area (Å²) >= 11 is 0. The number of nitrogens with one attached hydrogen (secondary N) is 1. The maximum Gasteiger partial charge on any atom is 0.243 e. The van der Waals surface area contributed by atoms with Gasteiger partial charge in [-0.25, -0.2) is 12.8 Å². The van der Waals surface area contributed by atoms with Crippen LogP contribution in [0.1, 0.15) is 38.7 Å². The molecule has 1 saturated heterocycles. The van der Waals surface area contributed by atoms with Gasteiger partial charge in [-0.2, -0.15) is 4.31 Å². The maximum absolute atomic E-state index is 13.7. The average molecular weight is 314 g/mol. The Hall–Kier alpha value is -0.980. The molecular formula is C15H23FN2O2S. The number of hydrogen-bond acceptors (Lipinski definition) is 3. The van der Waals surface area contributed by atoms with Crippen LogP contribution in [0.5, 0.6) is 0 Å². The van der Waals surface area contributed by atoms with Crippen molar-refractivity contribution in [3.63, 3.8) is 0 Å². The molecule has 0 saturated carbocycles. The second kappa shape index (κ2) is 6.42. The molecule has 2 atom stereocenters. The summed E-state index contributed by atoms with van der Waals surface area (Å²) in [7, 11) is -1.86. The van der Waals surface area contributed by atoms with Crippen molar-refractivity contribution in [1.29, 1.82) is 0 Å². The zero-order chi connectivity index (χ0) is 15.6. The molecule has 2 rings (SSSR count). The molecule has 1 N–H and O–H groups in total. The smallest absolute Gasteiger partial charge is 0.243 e. The summed E-state index contributed by atoms with van der Waals surface area (Å²) in [5.41, 5.74) is 0.374. The van der Waals surface area contributed by atoms with E-state index in [0.717, 1.165) is 19.3 Å². The number of sulfonamides is 1. The summed E-state index contributed by atoms with van der Waals surface area (Å²) in [6, 6.07) is 4.09. The summed E-state index contributed by atoms with van der Waals surface area (Å²) < 4.78 is 41.0. The molecule has 0 bridgehead atoms. The number of hydrogen-bond donors (Lipinski definition) is 1.